The molecule has 2 aromatic heterocycles. The van der Waals surface area contributed by atoms with Crippen LogP contribution in [0.5, 0.6) is 6.01 Å². The molecule has 4 rings (SSSR count). The number of aryl methyl sites for hydroxylation is 1. The highest BCUT2D eigenvalue weighted by Crippen LogP contribution is 2.20. The number of nitrogens with one attached hydrogen (secondary N) is 1. The Morgan fingerprint density at radius 3 is 2.77 bits per heavy atom. The predicted molar refractivity (Wildman–Crippen MR) is 119 cm³/mol. The van der Waals surface area contributed by atoms with Gasteiger partial charge in [0.2, 0.25) is 0 Å². The van der Waals surface area contributed by atoms with Gasteiger partial charge in [0.15, 0.2) is 5.82 Å². The molecule has 9 nitrogen and oxygen atoms in total. The number of hydrazone groups is 1. The molecule has 160 valence electrons. The molecule has 9 heteroatoms. The standard InChI is InChI=1S/C22H25N7O2/c1-17-4-2-5-18(14-17)16-25-28-20-15-21(29-9-12-30-13-10-29)27-22(26-20)31-11-6-19-23-7-3-8-24-19/h2-5,7-8,14-16H,6,9-13H2,1H3,(H,26,27,28). The van der Waals surface area contributed by atoms with Gasteiger partial charge in [-0.2, -0.15) is 15.1 Å². The second-order valence-electron chi connectivity index (χ2n) is 7.04. The van der Waals surface area contributed by atoms with Crippen LogP contribution < -0.4 is 15.1 Å². The zero-order chi connectivity index (χ0) is 21.3. The van der Waals surface area contributed by atoms with Crippen LogP contribution in [0.15, 0.2) is 53.9 Å². The molecule has 0 amide bonds. The monoisotopic (exact) mass is 419 g/mol. The van der Waals surface area contributed by atoms with Gasteiger partial charge in [-0.05, 0) is 18.6 Å². The fourth-order valence-corrected chi connectivity index (χ4v) is 3.11. The molecule has 0 radical (unpaired) electrons. The van der Waals surface area contributed by atoms with Crippen molar-refractivity contribution in [1.29, 1.82) is 0 Å². The lowest BCUT2D eigenvalue weighted by molar-refractivity contribution is 0.122. The molecule has 1 saturated heterocycles. The number of ether oxygens (including phenoxy) is 2. The highest BCUT2D eigenvalue weighted by Gasteiger charge is 2.15. The molecule has 0 saturated carbocycles. The first-order chi connectivity index (χ1) is 15.3. The van der Waals surface area contributed by atoms with Crippen LogP contribution in [0.25, 0.3) is 0 Å². The zero-order valence-electron chi connectivity index (χ0n) is 17.4. The molecule has 0 aliphatic carbocycles. The Kier molecular flexibility index (Phi) is 6.96. The maximum Gasteiger partial charge on any atom is 0.320 e. The summed E-state index contributed by atoms with van der Waals surface area (Å²) in [6.45, 7) is 5.29. The summed E-state index contributed by atoms with van der Waals surface area (Å²) in [6, 6.07) is 12.0. The lowest BCUT2D eigenvalue weighted by Crippen LogP contribution is -2.36. The van der Waals surface area contributed by atoms with E-state index >= 15 is 0 Å². The minimum Gasteiger partial charge on any atom is -0.463 e. The van der Waals surface area contributed by atoms with Crippen LogP contribution >= 0.6 is 0 Å². The topological polar surface area (TPSA) is 97.7 Å². The summed E-state index contributed by atoms with van der Waals surface area (Å²) in [5.41, 5.74) is 5.18. The fourth-order valence-electron chi connectivity index (χ4n) is 3.11. The largest absolute Gasteiger partial charge is 0.463 e. The van der Waals surface area contributed by atoms with Crippen molar-refractivity contribution in [3.05, 3.63) is 65.7 Å². The van der Waals surface area contributed by atoms with E-state index in [0.29, 0.717) is 37.9 Å². The Balaban J connectivity index is 1.46. The van der Waals surface area contributed by atoms with Crippen molar-refractivity contribution >= 4 is 17.9 Å². The quantitative estimate of drug-likeness (QED) is 0.439. The van der Waals surface area contributed by atoms with Gasteiger partial charge in [-0.15, -0.1) is 0 Å². The highest BCUT2D eigenvalue weighted by atomic mass is 16.5. The molecule has 1 fully saturated rings. The number of aromatic nitrogens is 4. The van der Waals surface area contributed by atoms with Crippen molar-refractivity contribution < 1.29 is 9.47 Å². The Hall–Kier alpha value is -3.59. The number of benzene rings is 1. The van der Waals surface area contributed by atoms with E-state index in [1.165, 1.54) is 5.56 Å². The van der Waals surface area contributed by atoms with Crippen molar-refractivity contribution in [1.82, 2.24) is 19.9 Å². The Bertz CT molecular complexity index is 1010. The highest BCUT2D eigenvalue weighted by molar-refractivity contribution is 5.80. The Labute approximate surface area is 181 Å². The number of nitrogens with zero attached hydrogens (tertiary/aromatic N) is 6. The SMILES string of the molecule is Cc1cccc(C=NNc2cc(N3CCOCC3)nc(OCCc3ncccn3)n2)c1. The first kappa shape index (κ1) is 20.7. The van der Waals surface area contributed by atoms with Gasteiger partial charge in [0.05, 0.1) is 26.0 Å². The molecule has 1 aromatic carbocycles. The molecule has 1 aliphatic heterocycles. The molecule has 0 spiro atoms. The maximum atomic E-state index is 5.81. The van der Waals surface area contributed by atoms with E-state index in [4.69, 9.17) is 9.47 Å². The molecule has 3 heterocycles. The summed E-state index contributed by atoms with van der Waals surface area (Å²) >= 11 is 0. The third kappa shape index (κ3) is 6.19. The molecular formula is C22H25N7O2. The zero-order valence-corrected chi connectivity index (χ0v) is 17.4. The van der Waals surface area contributed by atoms with Crippen LogP contribution in [0.1, 0.15) is 17.0 Å². The van der Waals surface area contributed by atoms with Gasteiger partial charge in [-0.25, -0.2) is 9.97 Å². The third-order valence-corrected chi connectivity index (χ3v) is 4.64. The van der Waals surface area contributed by atoms with Gasteiger partial charge >= 0.3 is 6.01 Å². The maximum absolute atomic E-state index is 5.81. The molecule has 1 aliphatic rings. The van der Waals surface area contributed by atoms with Crippen LogP contribution in [-0.4, -0.2) is 59.1 Å². The van der Waals surface area contributed by atoms with E-state index in [9.17, 15) is 0 Å². The van der Waals surface area contributed by atoms with Gasteiger partial charge in [0, 0.05) is 38.0 Å². The molecular weight excluding hydrogens is 394 g/mol. The minimum absolute atomic E-state index is 0.285. The smallest absolute Gasteiger partial charge is 0.320 e. The van der Waals surface area contributed by atoms with E-state index in [2.05, 4.69) is 41.4 Å². The van der Waals surface area contributed by atoms with E-state index in [1.807, 2.05) is 31.2 Å². The number of hydrogen-bond donors (Lipinski definition) is 1. The minimum atomic E-state index is 0.285. The molecule has 0 bridgehead atoms. The van der Waals surface area contributed by atoms with Crippen LogP contribution in [0.2, 0.25) is 0 Å². The van der Waals surface area contributed by atoms with E-state index in [1.54, 1.807) is 24.7 Å². The first-order valence-electron chi connectivity index (χ1n) is 10.2. The van der Waals surface area contributed by atoms with Crippen molar-refractivity contribution in [2.45, 2.75) is 13.3 Å². The molecule has 1 N–H and O–H groups in total. The molecule has 0 atom stereocenters. The summed E-state index contributed by atoms with van der Waals surface area (Å²) in [7, 11) is 0. The predicted octanol–water partition coefficient (Wildman–Crippen LogP) is 2.48. The van der Waals surface area contributed by atoms with E-state index in [-0.39, 0.29) is 6.01 Å². The Morgan fingerprint density at radius 1 is 1.13 bits per heavy atom. The fraction of sp³-hybridized carbons (Fsp3) is 0.318. The number of morpholine rings is 1. The summed E-state index contributed by atoms with van der Waals surface area (Å²) in [5, 5.41) is 4.32. The van der Waals surface area contributed by atoms with E-state index < -0.39 is 0 Å². The van der Waals surface area contributed by atoms with Crippen molar-refractivity contribution in [2.75, 3.05) is 43.2 Å². The summed E-state index contributed by atoms with van der Waals surface area (Å²) < 4.78 is 11.3. The van der Waals surface area contributed by atoms with E-state index in [0.717, 1.165) is 24.5 Å². The molecule has 31 heavy (non-hydrogen) atoms. The summed E-state index contributed by atoms with van der Waals surface area (Å²) in [5.74, 6) is 2.05. The number of hydrogen-bond acceptors (Lipinski definition) is 9. The van der Waals surface area contributed by atoms with Gasteiger partial charge < -0.3 is 14.4 Å². The number of anilines is 2. The van der Waals surface area contributed by atoms with Crippen LogP contribution in [0, 0.1) is 6.92 Å². The van der Waals surface area contributed by atoms with Gasteiger partial charge in [0.25, 0.3) is 0 Å². The second-order valence-corrected chi connectivity index (χ2v) is 7.04. The number of rotatable bonds is 8. The molecule has 3 aromatic rings. The van der Waals surface area contributed by atoms with Crippen LogP contribution in [0.4, 0.5) is 11.6 Å². The first-order valence-corrected chi connectivity index (χ1v) is 10.2. The Morgan fingerprint density at radius 2 is 1.97 bits per heavy atom. The van der Waals surface area contributed by atoms with Crippen molar-refractivity contribution in [3.63, 3.8) is 0 Å². The average molecular weight is 419 g/mol. The van der Waals surface area contributed by atoms with Crippen LogP contribution in [-0.2, 0) is 11.2 Å². The second kappa shape index (κ2) is 10.4. The van der Waals surface area contributed by atoms with Gasteiger partial charge in [-0.3, -0.25) is 5.43 Å². The van der Waals surface area contributed by atoms with Crippen LogP contribution in [0.3, 0.4) is 0 Å². The normalized spacial score (nSPS) is 14.0. The third-order valence-electron chi connectivity index (χ3n) is 4.64. The lowest BCUT2D eigenvalue weighted by Gasteiger charge is -2.28. The van der Waals surface area contributed by atoms with Crippen molar-refractivity contribution in [3.8, 4) is 6.01 Å². The summed E-state index contributed by atoms with van der Waals surface area (Å²) in [6.07, 6.45) is 5.76. The van der Waals surface area contributed by atoms with Gasteiger partial charge in [-0.1, -0.05) is 29.8 Å². The van der Waals surface area contributed by atoms with Crippen molar-refractivity contribution in [2.24, 2.45) is 5.10 Å². The lowest BCUT2D eigenvalue weighted by atomic mass is 10.2. The molecule has 0 unspecified atom stereocenters. The average Bonchev–Trinajstić information content (AvgIpc) is 2.80. The summed E-state index contributed by atoms with van der Waals surface area (Å²) in [4.78, 5) is 19.6. The van der Waals surface area contributed by atoms with Gasteiger partial charge in [0.1, 0.15) is 11.6 Å².